The summed E-state index contributed by atoms with van der Waals surface area (Å²) in [4.78, 5) is 16.5. The highest BCUT2D eigenvalue weighted by Gasteiger charge is 2.23. The Morgan fingerprint density at radius 3 is 2.12 bits per heavy atom. The predicted molar refractivity (Wildman–Crippen MR) is 76.0 cm³/mol. The van der Waals surface area contributed by atoms with Crippen LogP contribution in [0.4, 0.5) is 0 Å². The number of thiocarbonyl (C=S) groups is 1. The van der Waals surface area contributed by atoms with Crippen molar-refractivity contribution in [1.82, 2.24) is 9.80 Å². The van der Waals surface area contributed by atoms with Crippen LogP contribution in [0.5, 0.6) is 0 Å². The fourth-order valence-corrected chi connectivity index (χ4v) is 1.74. The first-order valence-corrected chi connectivity index (χ1v) is 6.54. The number of hydrogen-bond acceptors (Lipinski definition) is 3. The van der Waals surface area contributed by atoms with Gasteiger partial charge < -0.3 is 10.6 Å². The van der Waals surface area contributed by atoms with Crippen molar-refractivity contribution in [2.24, 2.45) is 11.7 Å². The number of carbonyl (C=O) groups is 1. The van der Waals surface area contributed by atoms with Gasteiger partial charge in [0.2, 0.25) is 5.91 Å². The molecule has 0 fully saturated rings. The molecule has 0 aliphatic carbocycles. The van der Waals surface area contributed by atoms with Crippen LogP contribution in [0.3, 0.4) is 0 Å². The predicted octanol–water partition coefficient (Wildman–Crippen LogP) is 1.10. The number of nitrogens with two attached hydrogens (primary N) is 1. The molecule has 0 radical (unpaired) electrons. The van der Waals surface area contributed by atoms with Crippen LogP contribution >= 0.6 is 12.2 Å². The maximum absolute atomic E-state index is 12.1. The number of likely N-dealkylation sites (N-methyl/N-ethyl adjacent to an activating group) is 2. The van der Waals surface area contributed by atoms with E-state index in [1.54, 1.807) is 0 Å². The van der Waals surface area contributed by atoms with E-state index in [0.717, 1.165) is 13.1 Å². The maximum atomic E-state index is 12.1. The third-order valence-corrected chi connectivity index (χ3v) is 3.54. The minimum absolute atomic E-state index is 0.127. The normalized spacial score (nSPS) is 14.5. The topological polar surface area (TPSA) is 49.6 Å². The maximum Gasteiger partial charge on any atom is 0.239 e. The molecule has 2 N–H and O–H groups in total. The summed E-state index contributed by atoms with van der Waals surface area (Å²) in [5.74, 6) is 0.287. The smallest absolute Gasteiger partial charge is 0.239 e. The summed E-state index contributed by atoms with van der Waals surface area (Å²) >= 11 is 4.94. The lowest BCUT2D eigenvalue weighted by Crippen LogP contribution is -2.47. The van der Waals surface area contributed by atoms with Crippen LogP contribution in [0.25, 0.3) is 0 Å². The minimum atomic E-state index is -0.133. The van der Waals surface area contributed by atoms with Crippen LogP contribution in [0.15, 0.2) is 0 Å². The standard InChI is InChI=1S/C12H25N3OS/c1-6-15(7-2)12(16)10(4)14(5)8-9(3)11(13)17/h9-10H,6-8H2,1-5H3,(H2,13,17). The molecule has 0 saturated carbocycles. The molecule has 0 heterocycles. The third-order valence-electron chi connectivity index (χ3n) is 3.14. The Labute approximate surface area is 110 Å². The van der Waals surface area contributed by atoms with Crippen molar-refractivity contribution in [2.75, 3.05) is 26.7 Å². The van der Waals surface area contributed by atoms with Gasteiger partial charge in [0, 0.05) is 25.6 Å². The van der Waals surface area contributed by atoms with Crippen molar-refractivity contribution in [1.29, 1.82) is 0 Å². The third kappa shape index (κ3) is 5.00. The summed E-state index contributed by atoms with van der Waals surface area (Å²) in [6, 6.07) is -0.133. The molecule has 5 heteroatoms. The van der Waals surface area contributed by atoms with E-state index in [9.17, 15) is 4.79 Å². The number of carbonyl (C=O) groups excluding carboxylic acids is 1. The van der Waals surface area contributed by atoms with Gasteiger partial charge in [-0.2, -0.15) is 0 Å². The Bertz CT molecular complexity index is 266. The van der Waals surface area contributed by atoms with Gasteiger partial charge in [0.25, 0.3) is 0 Å². The molecule has 0 rings (SSSR count). The Morgan fingerprint density at radius 1 is 1.29 bits per heavy atom. The van der Waals surface area contributed by atoms with Gasteiger partial charge in [0.15, 0.2) is 0 Å². The van der Waals surface area contributed by atoms with E-state index >= 15 is 0 Å². The van der Waals surface area contributed by atoms with E-state index in [1.165, 1.54) is 0 Å². The highest BCUT2D eigenvalue weighted by molar-refractivity contribution is 7.80. The van der Waals surface area contributed by atoms with Crippen LogP contribution in [0.1, 0.15) is 27.7 Å². The molecule has 0 spiro atoms. The summed E-state index contributed by atoms with van der Waals surface area (Å²) in [5.41, 5.74) is 5.58. The summed E-state index contributed by atoms with van der Waals surface area (Å²) in [6.07, 6.45) is 0. The van der Waals surface area contributed by atoms with Gasteiger partial charge in [-0.15, -0.1) is 0 Å². The molecule has 2 unspecified atom stereocenters. The van der Waals surface area contributed by atoms with E-state index in [4.69, 9.17) is 18.0 Å². The molecule has 4 nitrogen and oxygen atoms in total. The van der Waals surface area contributed by atoms with Gasteiger partial charge in [-0.25, -0.2) is 0 Å². The first kappa shape index (κ1) is 16.3. The molecular weight excluding hydrogens is 234 g/mol. The first-order chi connectivity index (χ1) is 7.84. The molecule has 1 amide bonds. The summed E-state index contributed by atoms with van der Waals surface area (Å²) < 4.78 is 0. The van der Waals surface area contributed by atoms with Crippen LogP contribution in [0, 0.1) is 5.92 Å². The Hall–Kier alpha value is -0.680. The second-order valence-electron chi connectivity index (χ2n) is 4.43. The van der Waals surface area contributed by atoms with E-state index in [2.05, 4.69) is 0 Å². The van der Waals surface area contributed by atoms with Gasteiger partial charge in [-0.05, 0) is 27.8 Å². The van der Waals surface area contributed by atoms with Crippen LogP contribution in [0.2, 0.25) is 0 Å². The van der Waals surface area contributed by atoms with E-state index in [-0.39, 0.29) is 17.9 Å². The highest BCUT2D eigenvalue weighted by Crippen LogP contribution is 2.06. The van der Waals surface area contributed by atoms with Crippen molar-refractivity contribution in [3.63, 3.8) is 0 Å². The van der Waals surface area contributed by atoms with Crippen molar-refractivity contribution in [3.05, 3.63) is 0 Å². The molecule has 0 aromatic carbocycles. The van der Waals surface area contributed by atoms with Gasteiger partial charge >= 0.3 is 0 Å². The van der Waals surface area contributed by atoms with Gasteiger partial charge in [-0.3, -0.25) is 9.69 Å². The van der Waals surface area contributed by atoms with E-state index < -0.39 is 0 Å². The second kappa shape index (κ2) is 7.61. The quantitative estimate of drug-likeness (QED) is 0.696. The largest absolute Gasteiger partial charge is 0.393 e. The number of rotatable bonds is 7. The first-order valence-electron chi connectivity index (χ1n) is 6.13. The molecule has 0 bridgehead atoms. The molecule has 0 saturated heterocycles. The summed E-state index contributed by atoms with van der Waals surface area (Å²) in [7, 11) is 1.93. The molecule has 0 aliphatic rings. The zero-order valence-electron chi connectivity index (χ0n) is 11.6. The van der Waals surface area contributed by atoms with Gasteiger partial charge in [-0.1, -0.05) is 19.1 Å². The van der Waals surface area contributed by atoms with Crippen molar-refractivity contribution >= 4 is 23.1 Å². The molecule has 2 atom stereocenters. The summed E-state index contributed by atoms with van der Waals surface area (Å²) in [6.45, 7) is 10.1. The average molecular weight is 259 g/mol. The van der Waals surface area contributed by atoms with Crippen molar-refractivity contribution in [2.45, 2.75) is 33.7 Å². The van der Waals surface area contributed by atoms with Crippen LogP contribution in [-0.4, -0.2) is 53.4 Å². The van der Waals surface area contributed by atoms with Gasteiger partial charge in [0.1, 0.15) is 0 Å². The molecule has 0 aliphatic heterocycles. The molecule has 0 aromatic heterocycles. The van der Waals surface area contributed by atoms with Gasteiger partial charge in [0.05, 0.1) is 11.0 Å². The average Bonchev–Trinajstić information content (AvgIpc) is 2.28. The number of nitrogens with zero attached hydrogens (tertiary/aromatic N) is 2. The minimum Gasteiger partial charge on any atom is -0.393 e. The molecular formula is C12H25N3OS. The molecule has 17 heavy (non-hydrogen) atoms. The Kier molecular flexibility index (Phi) is 7.30. The zero-order valence-corrected chi connectivity index (χ0v) is 12.4. The van der Waals surface area contributed by atoms with Crippen LogP contribution < -0.4 is 5.73 Å². The Balaban J connectivity index is 4.43. The molecule has 100 valence electrons. The Morgan fingerprint density at radius 2 is 1.76 bits per heavy atom. The summed E-state index contributed by atoms with van der Waals surface area (Å²) in [5, 5.41) is 0. The van der Waals surface area contributed by atoms with Crippen LogP contribution in [-0.2, 0) is 4.79 Å². The lowest BCUT2D eigenvalue weighted by Gasteiger charge is -2.30. The number of hydrogen-bond donors (Lipinski definition) is 1. The van der Waals surface area contributed by atoms with E-state index in [1.807, 2.05) is 44.5 Å². The SMILES string of the molecule is CCN(CC)C(=O)C(C)N(C)CC(C)C(N)=S. The van der Waals surface area contributed by atoms with Crippen molar-refractivity contribution < 1.29 is 4.79 Å². The highest BCUT2D eigenvalue weighted by atomic mass is 32.1. The second-order valence-corrected chi connectivity index (χ2v) is 4.90. The number of amides is 1. The van der Waals surface area contributed by atoms with Crippen molar-refractivity contribution in [3.8, 4) is 0 Å². The monoisotopic (exact) mass is 259 g/mol. The fraction of sp³-hybridized carbons (Fsp3) is 0.833. The fourth-order valence-electron chi connectivity index (χ4n) is 1.67. The molecule has 0 aromatic rings. The lowest BCUT2D eigenvalue weighted by molar-refractivity contribution is -0.135. The zero-order chi connectivity index (χ0) is 13.6. The van der Waals surface area contributed by atoms with E-state index in [0.29, 0.717) is 11.5 Å². The lowest BCUT2D eigenvalue weighted by atomic mass is 10.1.